The van der Waals surface area contributed by atoms with Gasteiger partial charge in [0.2, 0.25) is 0 Å². The number of nitro groups is 1. The highest BCUT2D eigenvalue weighted by atomic mass is 16.6. The van der Waals surface area contributed by atoms with Crippen LogP contribution in [-0.2, 0) is 19.1 Å². The Kier molecular flexibility index (Phi) is 6.86. The summed E-state index contributed by atoms with van der Waals surface area (Å²) >= 11 is 0. The Balaban J connectivity index is 1.61. The van der Waals surface area contributed by atoms with E-state index in [2.05, 4.69) is 5.32 Å². The third-order valence-electron chi connectivity index (χ3n) is 5.26. The average Bonchev–Trinajstić information content (AvgIpc) is 2.98. The first kappa shape index (κ1) is 21.5. The van der Waals surface area contributed by atoms with Crippen LogP contribution in [0.15, 0.2) is 18.2 Å². The first-order valence-electron chi connectivity index (χ1n) is 10.1. The van der Waals surface area contributed by atoms with Crippen LogP contribution in [-0.4, -0.2) is 48.0 Å². The fourth-order valence-corrected chi connectivity index (χ4v) is 3.64. The first-order chi connectivity index (χ1) is 14.3. The number of nitrogens with one attached hydrogen (secondary N) is 1. The summed E-state index contributed by atoms with van der Waals surface area (Å²) in [4.78, 5) is 48.5. The predicted molar refractivity (Wildman–Crippen MR) is 106 cm³/mol. The van der Waals surface area contributed by atoms with E-state index in [1.807, 2.05) is 0 Å². The summed E-state index contributed by atoms with van der Waals surface area (Å²) in [6.07, 6.45) is 5.23. The molecule has 1 saturated carbocycles. The van der Waals surface area contributed by atoms with Crippen molar-refractivity contribution in [3.63, 3.8) is 0 Å². The largest absolute Gasteiger partial charge is 0.482 e. The molecule has 0 aromatic heterocycles. The lowest BCUT2D eigenvalue weighted by molar-refractivity contribution is -0.384. The molecule has 0 spiro atoms. The van der Waals surface area contributed by atoms with Crippen molar-refractivity contribution in [2.45, 2.75) is 57.6 Å². The van der Waals surface area contributed by atoms with Gasteiger partial charge in [0.1, 0.15) is 12.3 Å². The second kappa shape index (κ2) is 9.55. The van der Waals surface area contributed by atoms with Gasteiger partial charge in [-0.05, 0) is 25.8 Å². The number of nitro benzene ring substituents is 1. The van der Waals surface area contributed by atoms with Crippen LogP contribution in [0.4, 0.5) is 11.4 Å². The molecule has 1 heterocycles. The van der Waals surface area contributed by atoms with E-state index in [-0.39, 0.29) is 35.7 Å². The second-order valence-corrected chi connectivity index (χ2v) is 7.51. The maximum Gasteiger partial charge on any atom is 0.326 e. The highest BCUT2D eigenvalue weighted by Gasteiger charge is 2.31. The standard InChI is InChI=1S/C20H25N3O7/c1-13(20(26)21-14-6-4-2-3-5-7-14)30-19(25)11-22-16-10-15(23(27)28)8-9-17(16)29-12-18(22)24/h8-10,13-14H,2-7,11-12H2,1H3,(H,21,26)/t13-/m0/s1. The summed E-state index contributed by atoms with van der Waals surface area (Å²) in [6.45, 7) is 0.705. The Morgan fingerprint density at radius 2 is 2.00 bits per heavy atom. The first-order valence-corrected chi connectivity index (χ1v) is 10.1. The van der Waals surface area contributed by atoms with Gasteiger partial charge >= 0.3 is 5.97 Å². The number of carbonyl (C=O) groups is 3. The molecule has 1 aliphatic carbocycles. The molecule has 1 N–H and O–H groups in total. The van der Waals surface area contributed by atoms with Crippen LogP contribution in [0.25, 0.3) is 0 Å². The maximum atomic E-state index is 12.4. The van der Waals surface area contributed by atoms with Gasteiger partial charge in [-0.25, -0.2) is 0 Å². The smallest absolute Gasteiger partial charge is 0.326 e. The van der Waals surface area contributed by atoms with Gasteiger partial charge in [0.05, 0.1) is 10.6 Å². The van der Waals surface area contributed by atoms with E-state index in [1.165, 1.54) is 25.1 Å². The van der Waals surface area contributed by atoms with Crippen molar-refractivity contribution >= 4 is 29.2 Å². The van der Waals surface area contributed by atoms with E-state index in [4.69, 9.17) is 9.47 Å². The highest BCUT2D eigenvalue weighted by Crippen LogP contribution is 2.35. The number of ether oxygens (including phenoxy) is 2. The van der Waals surface area contributed by atoms with Crippen molar-refractivity contribution in [2.24, 2.45) is 0 Å². The van der Waals surface area contributed by atoms with Crippen LogP contribution >= 0.6 is 0 Å². The Hall–Kier alpha value is -3.17. The molecule has 1 fully saturated rings. The molecule has 2 aliphatic rings. The van der Waals surface area contributed by atoms with Gasteiger partial charge in [0.15, 0.2) is 12.7 Å². The van der Waals surface area contributed by atoms with Crippen LogP contribution < -0.4 is 15.0 Å². The summed E-state index contributed by atoms with van der Waals surface area (Å²) in [7, 11) is 0. The molecule has 0 radical (unpaired) electrons. The zero-order chi connectivity index (χ0) is 21.7. The molecule has 0 bridgehead atoms. The van der Waals surface area contributed by atoms with Crippen LogP contribution in [0.1, 0.15) is 45.4 Å². The third-order valence-corrected chi connectivity index (χ3v) is 5.26. The third kappa shape index (κ3) is 5.25. The fourth-order valence-electron chi connectivity index (χ4n) is 3.64. The second-order valence-electron chi connectivity index (χ2n) is 7.51. The van der Waals surface area contributed by atoms with E-state index in [0.717, 1.165) is 43.4 Å². The van der Waals surface area contributed by atoms with Crippen molar-refractivity contribution < 1.29 is 28.8 Å². The summed E-state index contributed by atoms with van der Waals surface area (Å²) in [5.74, 6) is -1.44. The zero-order valence-electron chi connectivity index (χ0n) is 16.8. The number of hydrogen-bond acceptors (Lipinski definition) is 7. The van der Waals surface area contributed by atoms with Crippen LogP contribution in [0.5, 0.6) is 5.75 Å². The molecular weight excluding hydrogens is 394 g/mol. The number of anilines is 1. The Bertz CT molecular complexity index is 834. The molecule has 1 aromatic rings. The summed E-state index contributed by atoms with van der Waals surface area (Å²) in [5.41, 5.74) is -0.116. The van der Waals surface area contributed by atoms with Crippen LogP contribution in [0, 0.1) is 10.1 Å². The van der Waals surface area contributed by atoms with Gasteiger partial charge in [-0.1, -0.05) is 25.7 Å². The summed E-state index contributed by atoms with van der Waals surface area (Å²) in [6, 6.07) is 3.88. The fraction of sp³-hybridized carbons (Fsp3) is 0.550. The van der Waals surface area contributed by atoms with E-state index in [0.29, 0.717) is 0 Å². The van der Waals surface area contributed by atoms with Crippen molar-refractivity contribution in [1.82, 2.24) is 5.32 Å². The van der Waals surface area contributed by atoms with Gasteiger partial charge in [0, 0.05) is 18.2 Å². The number of esters is 1. The zero-order valence-corrected chi connectivity index (χ0v) is 16.8. The lowest BCUT2D eigenvalue weighted by Crippen LogP contribution is -2.45. The van der Waals surface area contributed by atoms with Gasteiger partial charge in [-0.3, -0.25) is 29.4 Å². The monoisotopic (exact) mass is 419 g/mol. The van der Waals surface area contributed by atoms with E-state index in [9.17, 15) is 24.5 Å². The van der Waals surface area contributed by atoms with Crippen LogP contribution in [0.3, 0.4) is 0 Å². The molecule has 0 saturated heterocycles. The summed E-state index contributed by atoms with van der Waals surface area (Å²) in [5, 5.41) is 13.9. The number of fused-ring (bicyclic) bond motifs is 1. The van der Waals surface area contributed by atoms with Crippen molar-refractivity contribution in [2.75, 3.05) is 18.1 Å². The Morgan fingerprint density at radius 3 is 2.67 bits per heavy atom. The van der Waals surface area contributed by atoms with Gasteiger partial charge in [-0.15, -0.1) is 0 Å². The molecule has 1 atom stereocenters. The lowest BCUT2D eigenvalue weighted by atomic mass is 10.1. The normalized spacial score (nSPS) is 17.9. The molecule has 162 valence electrons. The predicted octanol–water partition coefficient (Wildman–Crippen LogP) is 2.09. The van der Waals surface area contributed by atoms with Crippen molar-refractivity contribution in [3.8, 4) is 5.75 Å². The average molecular weight is 419 g/mol. The van der Waals surface area contributed by atoms with Crippen molar-refractivity contribution in [3.05, 3.63) is 28.3 Å². The number of carbonyl (C=O) groups excluding carboxylic acids is 3. The molecule has 1 aliphatic heterocycles. The van der Waals surface area contributed by atoms with Crippen molar-refractivity contribution in [1.29, 1.82) is 0 Å². The number of rotatable bonds is 6. The molecule has 2 amide bonds. The topological polar surface area (TPSA) is 128 Å². The minimum absolute atomic E-state index is 0.0781. The Labute approximate surface area is 173 Å². The molecule has 0 unspecified atom stereocenters. The van der Waals surface area contributed by atoms with Gasteiger partial charge in [0.25, 0.3) is 17.5 Å². The quantitative estimate of drug-likeness (QED) is 0.324. The molecule has 10 heteroatoms. The molecule has 30 heavy (non-hydrogen) atoms. The van der Waals surface area contributed by atoms with E-state index < -0.39 is 29.4 Å². The number of non-ortho nitro benzene ring substituents is 1. The SMILES string of the molecule is C[C@H](OC(=O)CN1C(=O)COc2ccc([N+](=O)[O-])cc21)C(=O)NC1CCCCCC1. The number of amides is 2. The van der Waals surface area contributed by atoms with Crippen LogP contribution in [0.2, 0.25) is 0 Å². The minimum atomic E-state index is -1.01. The highest BCUT2D eigenvalue weighted by molar-refractivity contribution is 6.02. The van der Waals surface area contributed by atoms with Gasteiger partial charge in [-0.2, -0.15) is 0 Å². The Morgan fingerprint density at radius 1 is 1.30 bits per heavy atom. The minimum Gasteiger partial charge on any atom is -0.482 e. The number of hydrogen-bond donors (Lipinski definition) is 1. The molecule has 10 nitrogen and oxygen atoms in total. The number of nitrogens with zero attached hydrogens (tertiary/aromatic N) is 2. The van der Waals surface area contributed by atoms with Gasteiger partial charge < -0.3 is 14.8 Å². The molecule has 1 aromatic carbocycles. The molecular formula is C20H25N3O7. The lowest BCUT2D eigenvalue weighted by Gasteiger charge is -2.28. The van der Waals surface area contributed by atoms with E-state index >= 15 is 0 Å². The molecule has 3 rings (SSSR count). The summed E-state index contributed by atoms with van der Waals surface area (Å²) < 4.78 is 10.5. The maximum absolute atomic E-state index is 12.4. The number of benzene rings is 1. The van der Waals surface area contributed by atoms with E-state index in [1.54, 1.807) is 0 Å².